The molecule has 0 aromatic carbocycles. The fourth-order valence-corrected chi connectivity index (χ4v) is 2.96. The number of rotatable bonds is 2. The molecule has 3 fully saturated rings. The first-order chi connectivity index (χ1) is 7.22. The predicted octanol–water partition coefficient (Wildman–Crippen LogP) is 0.219. The summed E-state index contributed by atoms with van der Waals surface area (Å²) in [5.41, 5.74) is 5.96. The SMILES string of the molecule is COC(=O)C(N)[C@H]1CCN2CCC1CC2. The third kappa shape index (κ3) is 2.16. The van der Waals surface area contributed by atoms with Crippen LogP contribution in [0.4, 0.5) is 0 Å². The van der Waals surface area contributed by atoms with Crippen molar-refractivity contribution in [2.45, 2.75) is 25.3 Å². The fourth-order valence-electron chi connectivity index (χ4n) is 2.96. The van der Waals surface area contributed by atoms with Crippen molar-refractivity contribution in [1.29, 1.82) is 0 Å². The molecule has 1 unspecified atom stereocenters. The molecule has 3 heterocycles. The summed E-state index contributed by atoms with van der Waals surface area (Å²) in [4.78, 5) is 13.9. The number of methoxy groups -OCH3 is 1. The third-order valence-corrected chi connectivity index (χ3v) is 3.95. The van der Waals surface area contributed by atoms with Crippen LogP contribution in [0.2, 0.25) is 0 Å². The smallest absolute Gasteiger partial charge is 0.322 e. The first kappa shape index (κ1) is 10.9. The topological polar surface area (TPSA) is 55.6 Å². The van der Waals surface area contributed by atoms with Gasteiger partial charge in [0.2, 0.25) is 0 Å². The molecule has 3 rings (SSSR count). The molecule has 86 valence electrons. The number of fused-ring (bicyclic) bond motifs is 4. The molecule has 4 heteroatoms. The lowest BCUT2D eigenvalue weighted by molar-refractivity contribution is -0.144. The van der Waals surface area contributed by atoms with Gasteiger partial charge in [-0.3, -0.25) is 4.79 Å². The highest BCUT2D eigenvalue weighted by molar-refractivity contribution is 5.75. The molecule has 15 heavy (non-hydrogen) atoms. The van der Waals surface area contributed by atoms with Crippen molar-refractivity contribution in [3.8, 4) is 0 Å². The van der Waals surface area contributed by atoms with Gasteiger partial charge in [-0.2, -0.15) is 0 Å². The zero-order chi connectivity index (χ0) is 10.8. The van der Waals surface area contributed by atoms with Crippen LogP contribution in [0, 0.1) is 11.8 Å². The molecule has 4 nitrogen and oxygen atoms in total. The number of carbonyl (C=O) groups is 1. The number of carbonyl (C=O) groups excluding carboxylic acids is 1. The maximum atomic E-state index is 11.4. The zero-order valence-electron chi connectivity index (χ0n) is 9.32. The number of esters is 1. The molecule has 0 radical (unpaired) electrons. The molecular formula is C11H20N2O2. The summed E-state index contributed by atoms with van der Waals surface area (Å²) in [6.07, 6.45) is 3.42. The molecule has 0 aromatic rings. The van der Waals surface area contributed by atoms with Gasteiger partial charge in [-0.25, -0.2) is 0 Å². The van der Waals surface area contributed by atoms with Gasteiger partial charge in [-0.15, -0.1) is 0 Å². The van der Waals surface area contributed by atoms with E-state index in [9.17, 15) is 4.79 Å². The Balaban J connectivity index is 2.04. The summed E-state index contributed by atoms with van der Waals surface area (Å²) in [5, 5.41) is 0. The van der Waals surface area contributed by atoms with Gasteiger partial charge in [-0.1, -0.05) is 0 Å². The quantitative estimate of drug-likeness (QED) is 0.665. The Morgan fingerprint density at radius 2 is 1.93 bits per heavy atom. The van der Waals surface area contributed by atoms with Crippen molar-refractivity contribution in [3.63, 3.8) is 0 Å². The number of ether oxygens (including phenoxy) is 1. The molecule has 0 aliphatic carbocycles. The third-order valence-electron chi connectivity index (χ3n) is 3.95. The van der Waals surface area contributed by atoms with E-state index in [0.29, 0.717) is 11.8 Å². The second kappa shape index (κ2) is 4.49. The normalized spacial score (nSPS) is 37.1. The monoisotopic (exact) mass is 212 g/mol. The van der Waals surface area contributed by atoms with Gasteiger partial charge >= 0.3 is 5.97 Å². The molecule has 0 spiro atoms. The second-order valence-corrected chi connectivity index (χ2v) is 4.68. The van der Waals surface area contributed by atoms with Crippen LogP contribution in [0.5, 0.6) is 0 Å². The minimum Gasteiger partial charge on any atom is -0.468 e. The number of hydrogen-bond donors (Lipinski definition) is 1. The average Bonchev–Trinajstić information content (AvgIpc) is 2.60. The van der Waals surface area contributed by atoms with E-state index in [1.54, 1.807) is 0 Å². The van der Waals surface area contributed by atoms with E-state index in [-0.39, 0.29) is 5.97 Å². The zero-order valence-corrected chi connectivity index (χ0v) is 9.32. The van der Waals surface area contributed by atoms with E-state index < -0.39 is 6.04 Å². The standard InChI is InChI=1S/C11H20N2O2/c1-15-11(14)10(12)9-4-7-13-5-2-8(9)3-6-13/h8-10H,2-7,12H2,1H3/t9-,10?/m0/s1. The minimum atomic E-state index is -0.418. The Kier molecular flexibility index (Phi) is 3.26. The summed E-state index contributed by atoms with van der Waals surface area (Å²) in [6.45, 7) is 3.44. The Morgan fingerprint density at radius 3 is 2.53 bits per heavy atom. The minimum absolute atomic E-state index is 0.250. The molecule has 0 aromatic heterocycles. The predicted molar refractivity (Wildman–Crippen MR) is 57.3 cm³/mol. The van der Waals surface area contributed by atoms with Gasteiger partial charge in [-0.05, 0) is 50.7 Å². The Bertz CT molecular complexity index is 237. The summed E-state index contributed by atoms with van der Waals surface area (Å²) >= 11 is 0. The largest absolute Gasteiger partial charge is 0.468 e. The van der Waals surface area contributed by atoms with Crippen molar-refractivity contribution < 1.29 is 9.53 Å². The highest BCUT2D eigenvalue weighted by atomic mass is 16.5. The molecule has 2 bridgehead atoms. The van der Waals surface area contributed by atoms with Crippen LogP contribution in [0.15, 0.2) is 0 Å². The number of hydrogen-bond acceptors (Lipinski definition) is 4. The van der Waals surface area contributed by atoms with E-state index in [2.05, 4.69) is 4.90 Å². The highest BCUT2D eigenvalue weighted by Crippen LogP contribution is 2.33. The molecule has 2 N–H and O–H groups in total. The van der Waals surface area contributed by atoms with E-state index in [1.807, 2.05) is 0 Å². The number of nitrogens with zero attached hydrogens (tertiary/aromatic N) is 1. The lowest BCUT2D eigenvalue weighted by Crippen LogP contribution is -2.42. The van der Waals surface area contributed by atoms with Gasteiger partial charge in [0.05, 0.1) is 7.11 Å². The highest BCUT2D eigenvalue weighted by Gasteiger charge is 2.37. The molecule has 0 saturated carbocycles. The van der Waals surface area contributed by atoms with Gasteiger partial charge in [0, 0.05) is 0 Å². The van der Waals surface area contributed by atoms with Crippen molar-refractivity contribution in [3.05, 3.63) is 0 Å². The van der Waals surface area contributed by atoms with Crippen LogP contribution >= 0.6 is 0 Å². The van der Waals surface area contributed by atoms with Crippen LogP contribution in [0.3, 0.4) is 0 Å². The van der Waals surface area contributed by atoms with E-state index in [0.717, 1.165) is 13.0 Å². The van der Waals surface area contributed by atoms with Crippen molar-refractivity contribution in [2.75, 3.05) is 26.7 Å². The van der Waals surface area contributed by atoms with Gasteiger partial charge in [0.1, 0.15) is 6.04 Å². The molecule has 3 aliphatic heterocycles. The lowest BCUT2D eigenvalue weighted by Gasteiger charge is -2.30. The van der Waals surface area contributed by atoms with E-state index in [1.165, 1.54) is 33.0 Å². The van der Waals surface area contributed by atoms with Crippen molar-refractivity contribution >= 4 is 5.97 Å². The summed E-state index contributed by atoms with van der Waals surface area (Å²) in [5.74, 6) is 0.697. The van der Waals surface area contributed by atoms with Crippen LogP contribution in [0.1, 0.15) is 19.3 Å². The molecule has 2 atom stereocenters. The molecule has 0 amide bonds. The molecule has 3 saturated heterocycles. The van der Waals surface area contributed by atoms with Crippen molar-refractivity contribution in [2.24, 2.45) is 17.6 Å². The van der Waals surface area contributed by atoms with Crippen LogP contribution in [-0.4, -0.2) is 43.7 Å². The van der Waals surface area contributed by atoms with Crippen LogP contribution in [0.25, 0.3) is 0 Å². The number of piperidine rings is 1. The average molecular weight is 212 g/mol. The summed E-state index contributed by atoms with van der Waals surface area (Å²) in [6, 6.07) is -0.418. The van der Waals surface area contributed by atoms with Crippen LogP contribution < -0.4 is 5.73 Å². The second-order valence-electron chi connectivity index (χ2n) is 4.68. The lowest BCUT2D eigenvalue weighted by atomic mass is 9.80. The molecule has 3 aliphatic rings. The fraction of sp³-hybridized carbons (Fsp3) is 0.909. The van der Waals surface area contributed by atoms with Crippen molar-refractivity contribution in [1.82, 2.24) is 4.90 Å². The number of nitrogens with two attached hydrogens (primary N) is 1. The van der Waals surface area contributed by atoms with Crippen LogP contribution in [-0.2, 0) is 9.53 Å². The Labute approximate surface area is 90.8 Å². The van der Waals surface area contributed by atoms with Gasteiger partial charge in [0.15, 0.2) is 0 Å². The molecular weight excluding hydrogens is 192 g/mol. The van der Waals surface area contributed by atoms with Gasteiger partial charge in [0.25, 0.3) is 0 Å². The maximum Gasteiger partial charge on any atom is 0.322 e. The first-order valence-electron chi connectivity index (χ1n) is 5.78. The van der Waals surface area contributed by atoms with E-state index in [4.69, 9.17) is 10.5 Å². The van der Waals surface area contributed by atoms with E-state index >= 15 is 0 Å². The Hall–Kier alpha value is -0.610. The summed E-state index contributed by atoms with van der Waals surface area (Å²) in [7, 11) is 1.42. The Morgan fingerprint density at radius 1 is 1.33 bits per heavy atom. The summed E-state index contributed by atoms with van der Waals surface area (Å²) < 4.78 is 4.73. The van der Waals surface area contributed by atoms with Gasteiger partial charge < -0.3 is 15.4 Å². The maximum absolute atomic E-state index is 11.4. The first-order valence-corrected chi connectivity index (χ1v) is 5.78.